The summed E-state index contributed by atoms with van der Waals surface area (Å²) in [5.41, 5.74) is 0.494. The molecule has 2 aliphatic heterocycles. The summed E-state index contributed by atoms with van der Waals surface area (Å²) in [6.07, 6.45) is 5.50. The Bertz CT molecular complexity index is 848. The molecule has 3 heterocycles. The Morgan fingerprint density at radius 1 is 0.893 bits per heavy atom. The van der Waals surface area contributed by atoms with Gasteiger partial charge >= 0.3 is 0 Å². The third-order valence-corrected chi connectivity index (χ3v) is 5.87. The SMILES string of the molecule is O=C(c1ccc(Cl)cc1Cl)N1CCN(c2ccnc(N3CCCCC3)n2)CC1. The quantitative estimate of drug-likeness (QED) is 0.758. The van der Waals surface area contributed by atoms with Crippen LogP contribution in [-0.4, -0.2) is 60.0 Å². The van der Waals surface area contributed by atoms with Gasteiger partial charge < -0.3 is 14.7 Å². The van der Waals surface area contributed by atoms with Crippen LogP contribution >= 0.6 is 23.2 Å². The van der Waals surface area contributed by atoms with Gasteiger partial charge in [-0.2, -0.15) is 4.98 Å². The maximum atomic E-state index is 12.8. The van der Waals surface area contributed by atoms with Crippen LogP contribution in [0.3, 0.4) is 0 Å². The fraction of sp³-hybridized carbons (Fsp3) is 0.450. The second-order valence-electron chi connectivity index (χ2n) is 7.17. The maximum absolute atomic E-state index is 12.8. The highest BCUT2D eigenvalue weighted by atomic mass is 35.5. The number of piperidine rings is 1. The summed E-state index contributed by atoms with van der Waals surface area (Å²) in [4.78, 5) is 28.3. The van der Waals surface area contributed by atoms with E-state index >= 15 is 0 Å². The highest BCUT2D eigenvalue weighted by Crippen LogP contribution is 2.24. The molecule has 2 saturated heterocycles. The smallest absolute Gasteiger partial charge is 0.255 e. The maximum Gasteiger partial charge on any atom is 0.255 e. The summed E-state index contributed by atoms with van der Waals surface area (Å²) in [6, 6.07) is 6.94. The first kappa shape index (κ1) is 19.3. The molecule has 148 valence electrons. The van der Waals surface area contributed by atoms with Gasteiger partial charge in [0.25, 0.3) is 5.91 Å². The van der Waals surface area contributed by atoms with Gasteiger partial charge in [-0.05, 0) is 43.5 Å². The Morgan fingerprint density at radius 3 is 2.36 bits per heavy atom. The molecule has 2 aliphatic rings. The fourth-order valence-electron chi connectivity index (χ4n) is 3.73. The van der Waals surface area contributed by atoms with Crippen LogP contribution in [0.15, 0.2) is 30.5 Å². The van der Waals surface area contributed by atoms with Crippen molar-refractivity contribution in [3.8, 4) is 0 Å². The molecule has 0 atom stereocenters. The number of nitrogens with zero attached hydrogens (tertiary/aromatic N) is 5. The number of carbonyl (C=O) groups is 1. The monoisotopic (exact) mass is 419 g/mol. The van der Waals surface area contributed by atoms with Crippen molar-refractivity contribution in [3.05, 3.63) is 46.1 Å². The van der Waals surface area contributed by atoms with Gasteiger partial charge in [-0.3, -0.25) is 4.79 Å². The zero-order chi connectivity index (χ0) is 19.5. The van der Waals surface area contributed by atoms with Gasteiger partial charge in [-0.1, -0.05) is 23.2 Å². The number of benzene rings is 1. The minimum Gasteiger partial charge on any atom is -0.353 e. The molecule has 4 rings (SSSR count). The number of rotatable bonds is 3. The van der Waals surface area contributed by atoms with E-state index in [9.17, 15) is 4.79 Å². The lowest BCUT2D eigenvalue weighted by Crippen LogP contribution is -2.49. The van der Waals surface area contributed by atoms with Crippen LogP contribution in [0.25, 0.3) is 0 Å². The van der Waals surface area contributed by atoms with Gasteiger partial charge in [0.1, 0.15) is 5.82 Å². The minimum absolute atomic E-state index is 0.0574. The zero-order valence-electron chi connectivity index (χ0n) is 15.7. The normalized spacial score (nSPS) is 17.7. The molecule has 8 heteroatoms. The summed E-state index contributed by atoms with van der Waals surface area (Å²) >= 11 is 12.1. The summed E-state index contributed by atoms with van der Waals surface area (Å²) in [5.74, 6) is 1.67. The number of hydrogen-bond donors (Lipinski definition) is 0. The lowest BCUT2D eigenvalue weighted by molar-refractivity contribution is 0.0746. The Morgan fingerprint density at radius 2 is 1.64 bits per heavy atom. The summed E-state index contributed by atoms with van der Waals surface area (Å²) in [5, 5.41) is 0.918. The van der Waals surface area contributed by atoms with Crippen molar-refractivity contribution in [2.45, 2.75) is 19.3 Å². The third kappa shape index (κ3) is 4.18. The largest absolute Gasteiger partial charge is 0.353 e. The number of piperazine rings is 1. The highest BCUT2D eigenvalue weighted by Gasteiger charge is 2.25. The van der Waals surface area contributed by atoms with Crippen LogP contribution in [0.5, 0.6) is 0 Å². The Hall–Kier alpha value is -2.05. The standard InChI is InChI=1S/C20H23Cl2N5O/c21-15-4-5-16(17(22)14-15)19(28)26-12-10-25(11-13-26)18-6-7-23-20(24-18)27-8-2-1-3-9-27/h4-7,14H,1-3,8-13H2. The molecule has 0 saturated carbocycles. The third-order valence-electron chi connectivity index (χ3n) is 5.32. The number of hydrogen-bond acceptors (Lipinski definition) is 5. The van der Waals surface area contributed by atoms with Crippen molar-refractivity contribution in [1.29, 1.82) is 0 Å². The Balaban J connectivity index is 1.40. The van der Waals surface area contributed by atoms with Gasteiger partial charge in [-0.15, -0.1) is 0 Å². The first-order valence-corrected chi connectivity index (χ1v) is 10.4. The van der Waals surface area contributed by atoms with Crippen LogP contribution in [0.4, 0.5) is 11.8 Å². The molecular weight excluding hydrogens is 397 g/mol. The van der Waals surface area contributed by atoms with Crippen molar-refractivity contribution in [2.75, 3.05) is 49.1 Å². The number of anilines is 2. The van der Waals surface area contributed by atoms with Crippen LogP contribution in [0.1, 0.15) is 29.6 Å². The molecule has 0 aliphatic carbocycles. The van der Waals surface area contributed by atoms with Crippen molar-refractivity contribution in [3.63, 3.8) is 0 Å². The van der Waals surface area contributed by atoms with E-state index in [1.807, 2.05) is 17.2 Å². The molecule has 2 fully saturated rings. The van der Waals surface area contributed by atoms with E-state index in [0.29, 0.717) is 28.7 Å². The van der Waals surface area contributed by atoms with E-state index in [1.165, 1.54) is 19.3 Å². The molecule has 0 unspecified atom stereocenters. The molecule has 1 aromatic carbocycles. The molecule has 0 radical (unpaired) electrons. The van der Waals surface area contributed by atoms with Crippen molar-refractivity contribution in [2.24, 2.45) is 0 Å². The number of carbonyl (C=O) groups excluding carboxylic acids is 1. The molecule has 28 heavy (non-hydrogen) atoms. The lowest BCUT2D eigenvalue weighted by Gasteiger charge is -2.36. The van der Waals surface area contributed by atoms with E-state index in [2.05, 4.69) is 14.8 Å². The van der Waals surface area contributed by atoms with Crippen molar-refractivity contribution >= 4 is 40.9 Å². The highest BCUT2D eigenvalue weighted by molar-refractivity contribution is 6.36. The van der Waals surface area contributed by atoms with E-state index < -0.39 is 0 Å². The van der Waals surface area contributed by atoms with Crippen LogP contribution in [0, 0.1) is 0 Å². The average molecular weight is 420 g/mol. The van der Waals surface area contributed by atoms with E-state index in [1.54, 1.807) is 18.2 Å². The molecular formula is C20H23Cl2N5O. The van der Waals surface area contributed by atoms with E-state index in [-0.39, 0.29) is 5.91 Å². The van der Waals surface area contributed by atoms with Gasteiger partial charge in [0.05, 0.1) is 10.6 Å². The molecule has 0 spiro atoms. The second-order valence-corrected chi connectivity index (χ2v) is 8.01. The summed E-state index contributed by atoms with van der Waals surface area (Å²) in [7, 11) is 0. The summed E-state index contributed by atoms with van der Waals surface area (Å²) < 4.78 is 0. The number of amides is 1. The van der Waals surface area contributed by atoms with Crippen LogP contribution < -0.4 is 9.80 Å². The topological polar surface area (TPSA) is 52.6 Å². The van der Waals surface area contributed by atoms with E-state index in [0.717, 1.165) is 37.9 Å². The second kappa shape index (κ2) is 8.53. The molecule has 0 N–H and O–H groups in total. The minimum atomic E-state index is -0.0574. The Labute approximate surface area is 175 Å². The average Bonchev–Trinajstić information content (AvgIpc) is 2.74. The molecule has 1 aromatic heterocycles. The first-order valence-electron chi connectivity index (χ1n) is 9.69. The van der Waals surface area contributed by atoms with E-state index in [4.69, 9.17) is 28.2 Å². The molecule has 2 aromatic rings. The molecule has 0 bridgehead atoms. The van der Waals surface area contributed by atoms with Crippen LogP contribution in [0.2, 0.25) is 10.0 Å². The lowest BCUT2D eigenvalue weighted by atomic mass is 10.1. The fourth-order valence-corrected chi connectivity index (χ4v) is 4.22. The number of aromatic nitrogens is 2. The molecule has 1 amide bonds. The van der Waals surface area contributed by atoms with Crippen molar-refractivity contribution in [1.82, 2.24) is 14.9 Å². The van der Waals surface area contributed by atoms with Gasteiger partial charge in [0.2, 0.25) is 5.95 Å². The Kier molecular flexibility index (Phi) is 5.87. The first-order chi connectivity index (χ1) is 13.6. The van der Waals surface area contributed by atoms with Crippen molar-refractivity contribution < 1.29 is 4.79 Å². The summed E-state index contributed by atoms with van der Waals surface area (Å²) in [6.45, 7) is 4.75. The zero-order valence-corrected chi connectivity index (χ0v) is 17.2. The van der Waals surface area contributed by atoms with Crippen LogP contribution in [-0.2, 0) is 0 Å². The predicted molar refractivity (Wildman–Crippen MR) is 113 cm³/mol. The van der Waals surface area contributed by atoms with Gasteiger partial charge in [-0.25, -0.2) is 4.98 Å². The number of halogens is 2. The van der Waals surface area contributed by atoms with Gasteiger partial charge in [0, 0.05) is 50.5 Å². The van der Waals surface area contributed by atoms with Gasteiger partial charge in [0.15, 0.2) is 0 Å². The predicted octanol–water partition coefficient (Wildman–Crippen LogP) is 3.74. The molecule has 6 nitrogen and oxygen atoms in total.